The largest absolute Gasteiger partial charge is 0.472 e. The van der Waals surface area contributed by atoms with Crippen molar-refractivity contribution < 1.29 is 4.74 Å². The summed E-state index contributed by atoms with van der Waals surface area (Å²) in [6, 6.07) is 19.6. The summed E-state index contributed by atoms with van der Waals surface area (Å²) < 4.78 is 7.70. The second-order valence-corrected chi connectivity index (χ2v) is 6.22. The van der Waals surface area contributed by atoms with E-state index in [9.17, 15) is 4.79 Å². The Bertz CT molecular complexity index is 877. The van der Waals surface area contributed by atoms with Gasteiger partial charge in [0.05, 0.1) is 6.54 Å². The molecule has 3 aromatic rings. The van der Waals surface area contributed by atoms with E-state index in [1.165, 1.54) is 0 Å². The molecule has 0 aliphatic carbocycles. The van der Waals surface area contributed by atoms with Gasteiger partial charge in [0.15, 0.2) is 0 Å². The van der Waals surface area contributed by atoms with Crippen molar-refractivity contribution >= 4 is 15.9 Å². The van der Waals surface area contributed by atoms with Crippen molar-refractivity contribution in [1.82, 2.24) is 9.55 Å². The second kappa shape index (κ2) is 7.45. The Balaban J connectivity index is 1.84. The van der Waals surface area contributed by atoms with Gasteiger partial charge in [-0.2, -0.15) is 4.98 Å². The smallest absolute Gasteiger partial charge is 0.272 e. The van der Waals surface area contributed by atoms with Crippen LogP contribution in [0.25, 0.3) is 0 Å². The maximum Gasteiger partial charge on any atom is 0.272 e. The molecule has 0 aliphatic rings. The van der Waals surface area contributed by atoms with Crippen LogP contribution in [0, 0.1) is 6.92 Å². The zero-order valence-corrected chi connectivity index (χ0v) is 14.9. The third-order valence-corrected chi connectivity index (χ3v) is 4.35. The van der Waals surface area contributed by atoms with Crippen molar-refractivity contribution in [3.8, 4) is 5.88 Å². The van der Waals surface area contributed by atoms with Gasteiger partial charge in [-0.3, -0.25) is 9.36 Å². The summed E-state index contributed by atoms with van der Waals surface area (Å²) in [6.45, 7) is 2.66. The Morgan fingerprint density at radius 3 is 2.21 bits per heavy atom. The fourth-order valence-electron chi connectivity index (χ4n) is 2.39. The van der Waals surface area contributed by atoms with Gasteiger partial charge < -0.3 is 4.74 Å². The van der Waals surface area contributed by atoms with Crippen molar-refractivity contribution in [1.29, 1.82) is 0 Å². The van der Waals surface area contributed by atoms with E-state index in [1.54, 1.807) is 4.57 Å². The van der Waals surface area contributed by atoms with Gasteiger partial charge in [0, 0.05) is 0 Å². The molecule has 1 aromatic heterocycles. The van der Waals surface area contributed by atoms with Crippen molar-refractivity contribution in [2.24, 2.45) is 0 Å². The fraction of sp³-hybridized carbons (Fsp3) is 0.158. The average Bonchev–Trinajstić information content (AvgIpc) is 2.62. The predicted molar refractivity (Wildman–Crippen MR) is 97.3 cm³/mol. The molecule has 0 spiro atoms. The predicted octanol–water partition coefficient (Wildman–Crippen LogP) is 3.94. The molecular formula is C19H17BrN2O2. The van der Waals surface area contributed by atoms with Gasteiger partial charge in [-0.25, -0.2) is 0 Å². The highest BCUT2D eigenvalue weighted by atomic mass is 79.9. The number of benzene rings is 2. The number of halogens is 1. The first kappa shape index (κ1) is 16.5. The van der Waals surface area contributed by atoms with E-state index >= 15 is 0 Å². The van der Waals surface area contributed by atoms with Crippen LogP contribution >= 0.6 is 15.9 Å². The third-order valence-electron chi connectivity index (χ3n) is 3.68. The normalized spacial score (nSPS) is 10.6. The number of aryl methyl sites for hydroxylation is 1. The molecule has 0 aliphatic heterocycles. The molecule has 122 valence electrons. The summed E-state index contributed by atoms with van der Waals surface area (Å²) in [5.41, 5.74) is 1.93. The molecule has 0 atom stereocenters. The lowest BCUT2D eigenvalue weighted by Gasteiger charge is -2.13. The quantitative estimate of drug-likeness (QED) is 0.668. The molecule has 0 bridgehead atoms. The Morgan fingerprint density at radius 1 is 1.00 bits per heavy atom. The van der Waals surface area contributed by atoms with Gasteiger partial charge in [0.2, 0.25) is 5.88 Å². The number of nitrogens with zero attached hydrogens (tertiary/aromatic N) is 2. The summed E-state index contributed by atoms with van der Waals surface area (Å²) in [4.78, 5) is 17.1. The second-order valence-electron chi connectivity index (χ2n) is 5.43. The maximum atomic E-state index is 12.6. The van der Waals surface area contributed by atoms with E-state index in [2.05, 4.69) is 20.9 Å². The average molecular weight is 385 g/mol. The first-order valence-corrected chi connectivity index (χ1v) is 8.42. The number of ether oxygens (including phenoxy) is 1. The van der Waals surface area contributed by atoms with Crippen LogP contribution in [0.15, 0.2) is 69.9 Å². The number of hydrogen-bond acceptors (Lipinski definition) is 3. The van der Waals surface area contributed by atoms with Crippen LogP contribution in [-0.4, -0.2) is 9.55 Å². The molecule has 5 heteroatoms. The Labute approximate surface area is 148 Å². The van der Waals surface area contributed by atoms with Crippen LogP contribution in [0.4, 0.5) is 0 Å². The highest BCUT2D eigenvalue weighted by Gasteiger charge is 2.14. The highest BCUT2D eigenvalue weighted by molar-refractivity contribution is 9.10. The van der Waals surface area contributed by atoms with E-state index in [-0.39, 0.29) is 5.56 Å². The fourth-order valence-corrected chi connectivity index (χ4v) is 2.80. The lowest BCUT2D eigenvalue weighted by Crippen LogP contribution is -2.25. The first-order valence-electron chi connectivity index (χ1n) is 7.63. The maximum absolute atomic E-state index is 12.6. The molecular weight excluding hydrogens is 368 g/mol. The highest BCUT2D eigenvalue weighted by Crippen LogP contribution is 2.20. The number of aromatic nitrogens is 2. The van der Waals surface area contributed by atoms with Crippen molar-refractivity contribution in [3.63, 3.8) is 0 Å². The van der Waals surface area contributed by atoms with Crippen LogP contribution in [0.2, 0.25) is 0 Å². The molecule has 3 rings (SSSR count). The minimum atomic E-state index is -0.144. The molecule has 2 aromatic carbocycles. The molecule has 0 N–H and O–H groups in total. The topological polar surface area (TPSA) is 44.1 Å². The Hall–Kier alpha value is -2.40. The van der Waals surface area contributed by atoms with Crippen LogP contribution in [0.5, 0.6) is 5.88 Å². The zero-order chi connectivity index (χ0) is 16.9. The van der Waals surface area contributed by atoms with Gasteiger partial charge in [-0.15, -0.1) is 0 Å². The van der Waals surface area contributed by atoms with Gasteiger partial charge in [0.25, 0.3) is 5.56 Å². The Morgan fingerprint density at radius 2 is 1.58 bits per heavy atom. The summed E-state index contributed by atoms with van der Waals surface area (Å²) in [5, 5.41) is 0. The molecule has 4 nitrogen and oxygen atoms in total. The minimum Gasteiger partial charge on any atom is -0.472 e. The molecule has 1 heterocycles. The number of rotatable bonds is 5. The summed E-state index contributed by atoms with van der Waals surface area (Å²) in [6.07, 6.45) is 0. The van der Waals surface area contributed by atoms with Crippen molar-refractivity contribution in [3.05, 3.63) is 92.4 Å². The monoisotopic (exact) mass is 384 g/mol. The van der Waals surface area contributed by atoms with Gasteiger partial charge in [-0.1, -0.05) is 60.7 Å². The molecule has 0 saturated carbocycles. The summed E-state index contributed by atoms with van der Waals surface area (Å²) in [7, 11) is 0. The zero-order valence-electron chi connectivity index (χ0n) is 13.3. The Kier molecular flexibility index (Phi) is 5.11. The van der Waals surface area contributed by atoms with Crippen LogP contribution < -0.4 is 10.3 Å². The molecule has 0 fully saturated rings. The van der Waals surface area contributed by atoms with Crippen LogP contribution in [-0.2, 0) is 13.2 Å². The molecule has 0 amide bonds. The lowest BCUT2D eigenvalue weighted by atomic mass is 10.2. The standard InChI is InChI=1S/C19H17BrN2O2/c1-14-21-18(24-13-16-10-6-3-7-11-16)17(20)19(23)22(14)12-15-8-4-2-5-9-15/h2-11H,12-13H2,1H3. The molecule has 0 radical (unpaired) electrons. The number of hydrogen-bond donors (Lipinski definition) is 0. The van der Waals surface area contributed by atoms with Gasteiger partial charge in [-0.05, 0) is 34.0 Å². The molecule has 0 saturated heterocycles. The first-order chi connectivity index (χ1) is 11.6. The van der Waals surface area contributed by atoms with Gasteiger partial charge in [0.1, 0.15) is 16.9 Å². The van der Waals surface area contributed by atoms with Crippen molar-refractivity contribution in [2.75, 3.05) is 0 Å². The SMILES string of the molecule is Cc1nc(OCc2ccccc2)c(Br)c(=O)n1Cc1ccccc1. The van der Waals surface area contributed by atoms with Gasteiger partial charge >= 0.3 is 0 Å². The summed E-state index contributed by atoms with van der Waals surface area (Å²) >= 11 is 3.33. The molecule has 0 unspecified atom stereocenters. The molecule has 24 heavy (non-hydrogen) atoms. The van der Waals surface area contributed by atoms with E-state index in [0.29, 0.717) is 29.3 Å². The third kappa shape index (κ3) is 3.74. The van der Waals surface area contributed by atoms with E-state index in [0.717, 1.165) is 11.1 Å². The van der Waals surface area contributed by atoms with E-state index in [4.69, 9.17) is 4.74 Å². The van der Waals surface area contributed by atoms with E-state index < -0.39 is 0 Å². The minimum absolute atomic E-state index is 0.144. The van der Waals surface area contributed by atoms with Crippen LogP contribution in [0.1, 0.15) is 17.0 Å². The van der Waals surface area contributed by atoms with Crippen molar-refractivity contribution in [2.45, 2.75) is 20.1 Å². The van der Waals surface area contributed by atoms with Crippen LogP contribution in [0.3, 0.4) is 0 Å². The van der Waals surface area contributed by atoms with E-state index in [1.807, 2.05) is 67.6 Å². The summed E-state index contributed by atoms with van der Waals surface area (Å²) in [5.74, 6) is 0.945. The lowest BCUT2D eigenvalue weighted by molar-refractivity contribution is 0.288.